The summed E-state index contributed by atoms with van der Waals surface area (Å²) in [5, 5.41) is 0. The molecule has 3 N–H and O–H groups in total. The molecule has 0 amide bonds. The highest BCUT2D eigenvalue weighted by Gasteiger charge is 2.20. The Labute approximate surface area is 116 Å². The van der Waals surface area contributed by atoms with Crippen molar-refractivity contribution >= 4 is 21.4 Å². The molecule has 0 bridgehead atoms. The first-order chi connectivity index (χ1) is 9.29. The van der Waals surface area contributed by atoms with E-state index in [1.807, 2.05) is 0 Å². The number of aryl methyl sites for hydroxylation is 1. The van der Waals surface area contributed by atoms with E-state index >= 15 is 0 Å². The highest BCUT2D eigenvalue weighted by molar-refractivity contribution is 7.92. The number of nitrogen functional groups attached to an aromatic ring is 1. The fourth-order valence-corrected chi connectivity index (χ4v) is 3.11. The van der Waals surface area contributed by atoms with Crippen LogP contribution in [0.4, 0.5) is 15.8 Å². The van der Waals surface area contributed by atoms with Gasteiger partial charge in [0.15, 0.2) is 0 Å². The third-order valence-corrected chi connectivity index (χ3v) is 4.26. The first-order valence-electron chi connectivity index (χ1n) is 5.81. The summed E-state index contributed by atoms with van der Waals surface area (Å²) in [6.07, 6.45) is 1.49. The number of nitrogens with zero attached hydrogens (tertiary/aromatic N) is 1. The number of nitrogens with one attached hydrogen (secondary N) is 1. The van der Waals surface area contributed by atoms with Crippen LogP contribution in [0.15, 0.2) is 35.4 Å². The van der Waals surface area contributed by atoms with Crippen molar-refractivity contribution in [1.29, 1.82) is 0 Å². The maximum atomic E-state index is 13.6. The Morgan fingerprint density at radius 1 is 1.25 bits per heavy atom. The molecule has 7 heteroatoms. The van der Waals surface area contributed by atoms with Gasteiger partial charge in [-0.1, -0.05) is 0 Å². The maximum absolute atomic E-state index is 13.6. The molecule has 0 radical (unpaired) electrons. The van der Waals surface area contributed by atoms with Crippen molar-refractivity contribution in [3.05, 3.63) is 47.5 Å². The molecule has 0 spiro atoms. The molecule has 1 aromatic carbocycles. The third-order valence-electron chi connectivity index (χ3n) is 2.76. The first-order valence-corrected chi connectivity index (χ1v) is 7.29. The van der Waals surface area contributed by atoms with E-state index in [2.05, 4.69) is 9.71 Å². The minimum atomic E-state index is -3.90. The average molecular weight is 295 g/mol. The summed E-state index contributed by atoms with van der Waals surface area (Å²) in [4.78, 5) is 3.80. The molecule has 2 aromatic rings. The van der Waals surface area contributed by atoms with Crippen molar-refractivity contribution in [2.24, 2.45) is 0 Å². The lowest BCUT2D eigenvalue weighted by Gasteiger charge is -2.12. The van der Waals surface area contributed by atoms with Gasteiger partial charge in [-0.3, -0.25) is 9.71 Å². The van der Waals surface area contributed by atoms with Crippen LogP contribution in [0.3, 0.4) is 0 Å². The number of rotatable bonds is 3. The zero-order chi connectivity index (χ0) is 14.9. The molecule has 1 heterocycles. The van der Waals surface area contributed by atoms with E-state index in [1.165, 1.54) is 25.3 Å². The fourth-order valence-electron chi connectivity index (χ4n) is 1.77. The predicted octanol–water partition coefficient (Wildman–Crippen LogP) is 2.22. The number of hydrogen-bond acceptors (Lipinski definition) is 4. The van der Waals surface area contributed by atoms with Gasteiger partial charge in [0.05, 0.1) is 10.6 Å². The van der Waals surface area contributed by atoms with Gasteiger partial charge in [0.25, 0.3) is 10.0 Å². The summed E-state index contributed by atoms with van der Waals surface area (Å²) in [6.45, 7) is 3.13. The van der Waals surface area contributed by atoms with E-state index in [9.17, 15) is 12.8 Å². The van der Waals surface area contributed by atoms with Gasteiger partial charge in [-0.15, -0.1) is 0 Å². The molecule has 0 unspecified atom stereocenters. The normalized spacial score (nSPS) is 11.3. The molecule has 0 atom stereocenters. The minimum Gasteiger partial charge on any atom is -0.399 e. The smallest absolute Gasteiger partial charge is 0.262 e. The highest BCUT2D eigenvalue weighted by atomic mass is 32.2. The monoisotopic (exact) mass is 295 g/mol. The van der Waals surface area contributed by atoms with E-state index < -0.39 is 15.8 Å². The maximum Gasteiger partial charge on any atom is 0.262 e. The van der Waals surface area contributed by atoms with E-state index in [0.717, 1.165) is 6.07 Å². The second-order valence-corrected chi connectivity index (χ2v) is 6.07. The molecule has 0 fully saturated rings. The van der Waals surface area contributed by atoms with Crippen molar-refractivity contribution in [3.8, 4) is 0 Å². The van der Waals surface area contributed by atoms with Gasteiger partial charge in [-0.25, -0.2) is 12.8 Å². The number of hydrogen-bond donors (Lipinski definition) is 2. The topological polar surface area (TPSA) is 85.1 Å². The minimum absolute atomic E-state index is 0.0254. The average Bonchev–Trinajstić information content (AvgIpc) is 2.33. The molecule has 1 aromatic heterocycles. The third kappa shape index (κ3) is 2.88. The molecule has 20 heavy (non-hydrogen) atoms. The number of benzene rings is 1. The van der Waals surface area contributed by atoms with Crippen LogP contribution in [0, 0.1) is 19.7 Å². The number of pyridine rings is 1. The van der Waals surface area contributed by atoms with Crippen LogP contribution in [0.5, 0.6) is 0 Å². The van der Waals surface area contributed by atoms with E-state index in [0.29, 0.717) is 11.4 Å². The number of anilines is 2. The summed E-state index contributed by atoms with van der Waals surface area (Å²) < 4.78 is 40.5. The van der Waals surface area contributed by atoms with E-state index in [-0.39, 0.29) is 16.1 Å². The number of nitrogens with two attached hydrogens (primary N) is 1. The summed E-state index contributed by atoms with van der Waals surface area (Å²) in [5.74, 6) is -0.656. The van der Waals surface area contributed by atoms with E-state index in [1.54, 1.807) is 13.0 Å². The van der Waals surface area contributed by atoms with Crippen LogP contribution in [0.2, 0.25) is 0 Å². The summed E-state index contributed by atoms with van der Waals surface area (Å²) in [5.41, 5.74) is 6.61. The first kappa shape index (κ1) is 14.3. The summed E-state index contributed by atoms with van der Waals surface area (Å²) in [6, 6.07) is 5.41. The number of sulfonamides is 1. The van der Waals surface area contributed by atoms with Crippen molar-refractivity contribution in [2.75, 3.05) is 10.5 Å². The van der Waals surface area contributed by atoms with Crippen LogP contribution in [0.1, 0.15) is 11.3 Å². The van der Waals surface area contributed by atoms with Crippen molar-refractivity contribution < 1.29 is 12.8 Å². The number of aromatic nitrogens is 1. The Hall–Kier alpha value is -2.15. The molecule has 106 valence electrons. The SMILES string of the molecule is Cc1cc(NS(=O)(=O)c2cc(N)cc(F)c2C)ccn1. The molecule has 0 saturated carbocycles. The quantitative estimate of drug-likeness (QED) is 0.850. The predicted molar refractivity (Wildman–Crippen MR) is 75.3 cm³/mol. The molecular weight excluding hydrogens is 281 g/mol. The Bertz CT molecular complexity index is 760. The van der Waals surface area contributed by atoms with Crippen LogP contribution < -0.4 is 10.5 Å². The zero-order valence-corrected chi connectivity index (χ0v) is 11.8. The van der Waals surface area contributed by atoms with Crippen LogP contribution in [-0.2, 0) is 10.0 Å². The van der Waals surface area contributed by atoms with Crippen molar-refractivity contribution in [3.63, 3.8) is 0 Å². The largest absolute Gasteiger partial charge is 0.399 e. The van der Waals surface area contributed by atoms with Crippen LogP contribution in [-0.4, -0.2) is 13.4 Å². The lowest BCUT2D eigenvalue weighted by atomic mass is 10.2. The Morgan fingerprint density at radius 2 is 1.95 bits per heavy atom. The number of halogens is 1. The van der Waals surface area contributed by atoms with Gasteiger partial charge < -0.3 is 5.73 Å². The Morgan fingerprint density at radius 3 is 2.60 bits per heavy atom. The Kier molecular flexibility index (Phi) is 3.63. The molecule has 5 nitrogen and oxygen atoms in total. The van der Waals surface area contributed by atoms with Gasteiger partial charge in [0, 0.05) is 23.1 Å². The lowest BCUT2D eigenvalue weighted by Crippen LogP contribution is -2.15. The molecule has 0 saturated heterocycles. The Balaban J connectivity index is 2.46. The zero-order valence-electron chi connectivity index (χ0n) is 11.0. The van der Waals surface area contributed by atoms with Gasteiger partial charge in [0.1, 0.15) is 5.82 Å². The summed E-state index contributed by atoms with van der Waals surface area (Å²) >= 11 is 0. The molecule has 0 aliphatic carbocycles. The highest BCUT2D eigenvalue weighted by Crippen LogP contribution is 2.24. The lowest BCUT2D eigenvalue weighted by molar-refractivity contribution is 0.591. The van der Waals surface area contributed by atoms with Gasteiger partial charge in [-0.05, 0) is 38.1 Å². The van der Waals surface area contributed by atoms with Gasteiger partial charge in [-0.2, -0.15) is 0 Å². The molecular formula is C13H14FN3O2S. The standard InChI is InChI=1S/C13H14FN3O2S/c1-8-5-11(3-4-16-8)17-20(18,19)13-7-10(15)6-12(14)9(13)2/h3-7H,15H2,1-2H3,(H,16,17). The molecule has 0 aliphatic rings. The fraction of sp³-hybridized carbons (Fsp3) is 0.154. The van der Waals surface area contributed by atoms with Crippen LogP contribution in [0.25, 0.3) is 0 Å². The summed E-state index contributed by atoms with van der Waals surface area (Å²) in [7, 11) is -3.90. The van der Waals surface area contributed by atoms with Gasteiger partial charge in [0.2, 0.25) is 0 Å². The molecule has 2 rings (SSSR count). The van der Waals surface area contributed by atoms with Crippen LogP contribution >= 0.6 is 0 Å². The molecule has 0 aliphatic heterocycles. The second-order valence-electron chi connectivity index (χ2n) is 4.42. The van der Waals surface area contributed by atoms with Gasteiger partial charge >= 0.3 is 0 Å². The van der Waals surface area contributed by atoms with Crippen molar-refractivity contribution in [2.45, 2.75) is 18.7 Å². The second kappa shape index (κ2) is 5.09. The van der Waals surface area contributed by atoms with E-state index in [4.69, 9.17) is 5.73 Å². The van der Waals surface area contributed by atoms with Crippen molar-refractivity contribution in [1.82, 2.24) is 4.98 Å².